The molecule has 0 spiro atoms. The van der Waals surface area contributed by atoms with Gasteiger partial charge in [-0.25, -0.2) is 17.7 Å². The highest BCUT2D eigenvalue weighted by molar-refractivity contribution is 7.88. The Morgan fingerprint density at radius 3 is 2.65 bits per heavy atom. The van der Waals surface area contributed by atoms with E-state index in [4.69, 9.17) is 23.2 Å². The van der Waals surface area contributed by atoms with E-state index in [1.54, 1.807) is 23.6 Å². The predicted octanol–water partition coefficient (Wildman–Crippen LogP) is 3.73. The molecule has 0 atom stereocenters. The molecule has 3 rings (SSSR count). The molecule has 1 aromatic carbocycles. The Bertz CT molecular complexity index is 923. The van der Waals surface area contributed by atoms with Crippen LogP contribution < -0.4 is 5.32 Å². The van der Waals surface area contributed by atoms with Crippen LogP contribution in [0.1, 0.15) is 12.8 Å². The van der Waals surface area contributed by atoms with E-state index in [2.05, 4.69) is 10.3 Å². The number of benzene rings is 1. The van der Waals surface area contributed by atoms with Gasteiger partial charge >= 0.3 is 0 Å². The van der Waals surface area contributed by atoms with Crippen LogP contribution in [0.4, 0.5) is 5.13 Å². The molecule has 1 amide bonds. The Balaban J connectivity index is 1.64. The van der Waals surface area contributed by atoms with Crippen molar-refractivity contribution in [2.24, 2.45) is 5.92 Å². The van der Waals surface area contributed by atoms with Crippen LogP contribution >= 0.6 is 34.5 Å². The van der Waals surface area contributed by atoms with Crippen molar-refractivity contribution in [1.82, 2.24) is 9.29 Å². The maximum Gasteiger partial charge on any atom is 0.229 e. The minimum Gasteiger partial charge on any atom is -0.302 e. The number of nitrogens with one attached hydrogen (secondary N) is 1. The number of anilines is 1. The first-order valence-corrected chi connectivity index (χ1v) is 11.4. The van der Waals surface area contributed by atoms with E-state index in [9.17, 15) is 13.2 Å². The van der Waals surface area contributed by atoms with Gasteiger partial charge in [0.25, 0.3) is 0 Å². The molecule has 10 heteroatoms. The van der Waals surface area contributed by atoms with E-state index in [0.717, 1.165) is 0 Å². The van der Waals surface area contributed by atoms with Gasteiger partial charge in [-0.2, -0.15) is 0 Å². The summed E-state index contributed by atoms with van der Waals surface area (Å²) in [5.41, 5.74) is 1.35. The molecule has 1 aliphatic heterocycles. The molecule has 26 heavy (non-hydrogen) atoms. The highest BCUT2D eigenvalue weighted by Crippen LogP contribution is 2.33. The van der Waals surface area contributed by atoms with Gasteiger partial charge in [-0.3, -0.25) is 4.79 Å². The zero-order valence-corrected chi connectivity index (χ0v) is 17.1. The Labute approximate surface area is 166 Å². The molecule has 0 unspecified atom stereocenters. The molecule has 0 aliphatic carbocycles. The minimum absolute atomic E-state index is 0.142. The Hall–Kier alpha value is -1.19. The molecule has 1 aromatic heterocycles. The lowest BCUT2D eigenvalue weighted by Gasteiger charge is -2.29. The smallest absolute Gasteiger partial charge is 0.229 e. The highest BCUT2D eigenvalue weighted by atomic mass is 35.5. The van der Waals surface area contributed by atoms with E-state index < -0.39 is 10.0 Å². The second-order valence-corrected chi connectivity index (χ2v) is 9.77. The molecule has 1 fully saturated rings. The molecule has 1 aliphatic rings. The van der Waals surface area contributed by atoms with Crippen LogP contribution in [0.25, 0.3) is 11.3 Å². The van der Waals surface area contributed by atoms with E-state index in [-0.39, 0.29) is 11.8 Å². The quantitative estimate of drug-likeness (QED) is 0.796. The number of aromatic nitrogens is 1. The fraction of sp³-hybridized carbons (Fsp3) is 0.375. The molecule has 0 radical (unpaired) electrons. The normalized spacial score (nSPS) is 16.6. The number of piperidine rings is 1. The Morgan fingerprint density at radius 2 is 2.00 bits per heavy atom. The van der Waals surface area contributed by atoms with Crippen LogP contribution in [-0.4, -0.2) is 43.0 Å². The Kier molecular flexibility index (Phi) is 5.88. The number of thiazole rings is 1. The van der Waals surface area contributed by atoms with Crippen LogP contribution in [-0.2, 0) is 14.8 Å². The average Bonchev–Trinajstić information content (AvgIpc) is 3.04. The average molecular weight is 434 g/mol. The van der Waals surface area contributed by atoms with E-state index in [1.807, 2.05) is 0 Å². The summed E-state index contributed by atoms with van der Waals surface area (Å²) < 4.78 is 24.5. The molecule has 1 saturated heterocycles. The lowest BCUT2D eigenvalue weighted by Crippen LogP contribution is -2.40. The monoisotopic (exact) mass is 433 g/mol. The van der Waals surface area contributed by atoms with E-state index >= 15 is 0 Å². The number of hydrogen-bond acceptors (Lipinski definition) is 5. The van der Waals surface area contributed by atoms with Crippen molar-refractivity contribution >= 4 is 55.6 Å². The van der Waals surface area contributed by atoms with E-state index in [1.165, 1.54) is 21.9 Å². The first-order chi connectivity index (χ1) is 12.2. The summed E-state index contributed by atoms with van der Waals surface area (Å²) >= 11 is 13.5. The fourth-order valence-electron chi connectivity index (χ4n) is 2.81. The second kappa shape index (κ2) is 7.82. The van der Waals surface area contributed by atoms with Crippen LogP contribution in [0.3, 0.4) is 0 Å². The van der Waals surface area contributed by atoms with Crippen molar-refractivity contribution in [2.75, 3.05) is 24.7 Å². The number of sulfonamides is 1. The number of hydrogen-bond donors (Lipinski definition) is 1. The molecule has 1 N–H and O–H groups in total. The van der Waals surface area contributed by atoms with Gasteiger partial charge in [-0.05, 0) is 31.0 Å². The third-order valence-electron chi connectivity index (χ3n) is 4.23. The van der Waals surface area contributed by atoms with Gasteiger partial charge in [0.2, 0.25) is 15.9 Å². The van der Waals surface area contributed by atoms with Gasteiger partial charge in [0.15, 0.2) is 5.13 Å². The molecule has 0 bridgehead atoms. The molecule has 0 saturated carbocycles. The van der Waals surface area contributed by atoms with Crippen molar-refractivity contribution in [3.63, 3.8) is 0 Å². The minimum atomic E-state index is -3.20. The Morgan fingerprint density at radius 1 is 1.31 bits per heavy atom. The van der Waals surface area contributed by atoms with Gasteiger partial charge in [-0.1, -0.05) is 23.2 Å². The second-order valence-electron chi connectivity index (χ2n) is 6.09. The van der Waals surface area contributed by atoms with Crippen molar-refractivity contribution in [2.45, 2.75) is 12.8 Å². The third kappa shape index (κ3) is 4.55. The van der Waals surface area contributed by atoms with Crippen LogP contribution in [0.5, 0.6) is 0 Å². The van der Waals surface area contributed by atoms with Gasteiger partial charge < -0.3 is 5.32 Å². The van der Waals surface area contributed by atoms with Gasteiger partial charge in [0, 0.05) is 35.0 Å². The van der Waals surface area contributed by atoms with E-state index in [0.29, 0.717) is 52.4 Å². The molecule has 140 valence electrons. The predicted molar refractivity (Wildman–Crippen MR) is 105 cm³/mol. The van der Waals surface area contributed by atoms with Crippen LogP contribution in [0.2, 0.25) is 10.0 Å². The van der Waals surface area contributed by atoms with Crippen molar-refractivity contribution in [3.05, 3.63) is 33.6 Å². The molecular formula is C16H17Cl2N3O3S2. The van der Waals surface area contributed by atoms with Gasteiger partial charge in [0.1, 0.15) is 0 Å². The van der Waals surface area contributed by atoms with Gasteiger partial charge in [-0.15, -0.1) is 11.3 Å². The molecule has 2 heterocycles. The van der Waals surface area contributed by atoms with Crippen molar-refractivity contribution < 1.29 is 13.2 Å². The number of nitrogens with zero attached hydrogens (tertiary/aromatic N) is 2. The lowest BCUT2D eigenvalue weighted by atomic mass is 9.97. The summed E-state index contributed by atoms with van der Waals surface area (Å²) in [7, 11) is -3.20. The SMILES string of the molecule is CS(=O)(=O)N1CCC(C(=O)Nc2nc(-c3cc(Cl)ccc3Cl)cs2)CC1. The maximum atomic E-state index is 12.4. The van der Waals surface area contributed by atoms with Gasteiger partial charge in [0.05, 0.1) is 17.0 Å². The zero-order valence-electron chi connectivity index (χ0n) is 13.9. The summed E-state index contributed by atoms with van der Waals surface area (Å²) in [6.07, 6.45) is 2.18. The molecule has 2 aromatic rings. The topological polar surface area (TPSA) is 79.4 Å². The summed E-state index contributed by atoms with van der Waals surface area (Å²) in [5, 5.41) is 6.19. The number of rotatable bonds is 4. The summed E-state index contributed by atoms with van der Waals surface area (Å²) in [6, 6.07) is 5.13. The maximum absolute atomic E-state index is 12.4. The number of halogens is 2. The molecular weight excluding hydrogens is 417 g/mol. The third-order valence-corrected chi connectivity index (χ3v) is 6.86. The van der Waals surface area contributed by atoms with Crippen molar-refractivity contribution in [3.8, 4) is 11.3 Å². The highest BCUT2D eigenvalue weighted by Gasteiger charge is 2.29. The fourth-order valence-corrected chi connectivity index (χ4v) is 4.78. The number of carbonyl (C=O) groups is 1. The first kappa shape index (κ1) is 19.6. The van der Waals surface area contributed by atoms with Crippen LogP contribution in [0, 0.1) is 5.92 Å². The number of carbonyl (C=O) groups excluding carboxylic acids is 1. The van der Waals surface area contributed by atoms with Crippen LogP contribution in [0.15, 0.2) is 23.6 Å². The standard InChI is InChI=1S/C16H17Cl2N3O3S2/c1-26(23,24)21-6-4-10(5-7-21)15(22)20-16-19-14(9-25-16)12-8-11(17)2-3-13(12)18/h2-3,8-10H,4-7H2,1H3,(H,19,20,22). The summed E-state index contributed by atoms with van der Waals surface area (Å²) in [4.78, 5) is 16.8. The molecule has 6 nitrogen and oxygen atoms in total. The summed E-state index contributed by atoms with van der Waals surface area (Å²) in [5.74, 6) is -0.369. The zero-order chi connectivity index (χ0) is 18.9. The lowest BCUT2D eigenvalue weighted by molar-refractivity contribution is -0.120. The first-order valence-electron chi connectivity index (χ1n) is 7.91. The van der Waals surface area contributed by atoms with Crippen molar-refractivity contribution in [1.29, 1.82) is 0 Å². The summed E-state index contributed by atoms with van der Waals surface area (Å²) in [6.45, 7) is 0.719. The number of amides is 1. The largest absolute Gasteiger partial charge is 0.302 e.